The van der Waals surface area contributed by atoms with Crippen molar-refractivity contribution in [3.8, 4) is 0 Å². The van der Waals surface area contributed by atoms with Crippen molar-refractivity contribution in [2.45, 2.75) is 37.6 Å². The van der Waals surface area contributed by atoms with Crippen LogP contribution in [0.3, 0.4) is 0 Å². The lowest BCUT2D eigenvalue weighted by atomic mass is 9.88. The number of nitrogens with zero attached hydrogens (tertiary/aromatic N) is 1. The highest BCUT2D eigenvalue weighted by molar-refractivity contribution is 4.88. The molecule has 0 aromatic carbocycles. The number of nitrogens with two attached hydrogens (primary N) is 1. The topological polar surface area (TPSA) is 29.3 Å². The van der Waals surface area contributed by atoms with Gasteiger partial charge in [0.15, 0.2) is 0 Å². The van der Waals surface area contributed by atoms with Gasteiger partial charge in [0.2, 0.25) is 6.43 Å². The van der Waals surface area contributed by atoms with Crippen molar-refractivity contribution in [1.29, 1.82) is 0 Å². The lowest BCUT2D eigenvalue weighted by Gasteiger charge is -2.27. The second-order valence-electron chi connectivity index (χ2n) is 4.11. The van der Waals surface area contributed by atoms with Crippen LogP contribution in [0.1, 0.15) is 25.7 Å². The van der Waals surface area contributed by atoms with Crippen molar-refractivity contribution >= 4 is 0 Å². The van der Waals surface area contributed by atoms with Crippen molar-refractivity contribution in [3.63, 3.8) is 0 Å². The quantitative estimate of drug-likeness (QED) is 0.717. The fraction of sp³-hybridized carbons (Fsp3) is 1.00. The Morgan fingerprint density at radius 3 is 2.69 bits per heavy atom. The van der Waals surface area contributed by atoms with Gasteiger partial charge in [-0.15, -0.1) is 0 Å². The minimum absolute atomic E-state index is 0.152. The third-order valence-corrected chi connectivity index (χ3v) is 2.77. The smallest absolute Gasteiger partial charge is 0.240 e. The summed E-state index contributed by atoms with van der Waals surface area (Å²) < 4.78 is 24.4. The fourth-order valence-electron chi connectivity index (χ4n) is 1.86. The van der Waals surface area contributed by atoms with Gasteiger partial charge in [-0.2, -0.15) is 0 Å². The van der Waals surface area contributed by atoms with Crippen LogP contribution in [0, 0.1) is 0 Å². The molecule has 13 heavy (non-hydrogen) atoms. The van der Waals surface area contributed by atoms with Crippen molar-refractivity contribution in [1.82, 2.24) is 4.90 Å². The van der Waals surface area contributed by atoms with Gasteiger partial charge in [-0.1, -0.05) is 0 Å². The van der Waals surface area contributed by atoms with E-state index in [9.17, 15) is 8.78 Å². The maximum absolute atomic E-state index is 12.2. The number of alkyl halides is 2. The second-order valence-corrected chi connectivity index (χ2v) is 4.11. The highest BCUT2D eigenvalue weighted by Crippen LogP contribution is 2.25. The molecule has 1 atom stereocenters. The predicted octanol–water partition coefficient (Wildman–Crippen LogP) is 1.45. The molecule has 1 saturated heterocycles. The third-order valence-electron chi connectivity index (χ3n) is 2.77. The van der Waals surface area contributed by atoms with Gasteiger partial charge in [0.25, 0.3) is 0 Å². The largest absolute Gasteiger partial charge is 0.325 e. The molecule has 0 spiro atoms. The van der Waals surface area contributed by atoms with E-state index in [0.717, 1.165) is 25.9 Å². The summed E-state index contributed by atoms with van der Waals surface area (Å²) in [7, 11) is 2.01. The lowest BCUT2D eigenvalue weighted by Crippen LogP contribution is -2.42. The fourth-order valence-corrected chi connectivity index (χ4v) is 1.86. The van der Waals surface area contributed by atoms with Crippen LogP contribution in [-0.2, 0) is 0 Å². The van der Waals surface area contributed by atoms with E-state index < -0.39 is 12.0 Å². The average Bonchev–Trinajstić information content (AvgIpc) is 2.12. The summed E-state index contributed by atoms with van der Waals surface area (Å²) in [5.41, 5.74) is 5.29. The first-order chi connectivity index (χ1) is 6.02. The molecule has 0 bridgehead atoms. The van der Waals surface area contributed by atoms with Crippen LogP contribution in [0.2, 0.25) is 0 Å². The molecule has 0 aromatic rings. The molecule has 0 aliphatic carbocycles. The Balaban J connectivity index is 2.47. The zero-order valence-electron chi connectivity index (χ0n) is 8.10. The highest BCUT2D eigenvalue weighted by Gasteiger charge is 2.30. The van der Waals surface area contributed by atoms with Gasteiger partial charge in [0.05, 0.1) is 0 Å². The zero-order chi connectivity index (χ0) is 9.90. The lowest BCUT2D eigenvalue weighted by molar-refractivity contribution is 0.0989. The number of halogens is 2. The normalized spacial score (nSPS) is 32.1. The minimum Gasteiger partial charge on any atom is -0.325 e. The van der Waals surface area contributed by atoms with Crippen molar-refractivity contribution in [2.75, 3.05) is 20.1 Å². The van der Waals surface area contributed by atoms with Crippen LogP contribution in [0.15, 0.2) is 0 Å². The van der Waals surface area contributed by atoms with Crippen molar-refractivity contribution in [2.24, 2.45) is 5.73 Å². The molecule has 78 valence electrons. The molecule has 0 amide bonds. The molecule has 1 aliphatic rings. The van der Waals surface area contributed by atoms with E-state index in [1.165, 1.54) is 0 Å². The number of rotatable bonds is 2. The second kappa shape index (κ2) is 4.33. The molecule has 0 radical (unpaired) electrons. The Kier molecular flexibility index (Phi) is 3.62. The summed E-state index contributed by atoms with van der Waals surface area (Å²) in [6.07, 6.45) is -0.0794. The maximum Gasteiger partial charge on any atom is 0.240 e. The molecule has 0 saturated carbocycles. The molecular weight excluding hydrogens is 174 g/mol. The summed E-state index contributed by atoms with van der Waals surface area (Å²) in [6, 6.07) is 0. The first kappa shape index (κ1) is 10.9. The molecule has 0 aromatic heterocycles. The van der Waals surface area contributed by atoms with Crippen molar-refractivity contribution in [3.05, 3.63) is 0 Å². The van der Waals surface area contributed by atoms with Crippen LogP contribution in [-0.4, -0.2) is 37.0 Å². The van der Waals surface area contributed by atoms with E-state index in [2.05, 4.69) is 4.90 Å². The summed E-state index contributed by atoms with van der Waals surface area (Å²) in [6.45, 7) is 1.81. The van der Waals surface area contributed by atoms with Gasteiger partial charge in [-0.25, -0.2) is 8.78 Å². The van der Waals surface area contributed by atoms with Crippen LogP contribution in [0.5, 0.6) is 0 Å². The standard InChI is InChI=1S/C9H18F2N2/c1-13-5-2-3-9(12,4-6-13)7-8(10)11/h8H,2-7,12H2,1H3/t9-/m1/s1. The Morgan fingerprint density at radius 2 is 2.08 bits per heavy atom. The molecule has 1 aliphatic heterocycles. The maximum atomic E-state index is 12.2. The molecule has 1 fully saturated rings. The van der Waals surface area contributed by atoms with E-state index in [4.69, 9.17) is 5.73 Å². The Morgan fingerprint density at radius 1 is 1.38 bits per heavy atom. The van der Waals surface area contributed by atoms with E-state index in [-0.39, 0.29) is 6.42 Å². The number of hydrogen-bond acceptors (Lipinski definition) is 2. The Labute approximate surface area is 78.1 Å². The monoisotopic (exact) mass is 192 g/mol. The van der Waals surface area contributed by atoms with Crippen molar-refractivity contribution < 1.29 is 8.78 Å². The Bertz CT molecular complexity index is 164. The van der Waals surface area contributed by atoms with E-state index in [0.29, 0.717) is 6.42 Å². The van der Waals surface area contributed by atoms with Gasteiger partial charge < -0.3 is 10.6 Å². The molecule has 1 rings (SSSR count). The predicted molar refractivity (Wildman–Crippen MR) is 48.9 cm³/mol. The van der Waals surface area contributed by atoms with Gasteiger partial charge in [0.1, 0.15) is 0 Å². The summed E-state index contributed by atoms with van der Waals surface area (Å²) in [4.78, 5) is 2.15. The first-order valence-corrected chi connectivity index (χ1v) is 4.77. The summed E-state index contributed by atoms with van der Waals surface area (Å²) >= 11 is 0. The van der Waals surface area contributed by atoms with Gasteiger partial charge >= 0.3 is 0 Å². The molecular formula is C9H18F2N2. The SMILES string of the molecule is CN1CCC[C@](N)(CC(F)F)CC1. The number of likely N-dealkylation sites (tertiary alicyclic amines) is 1. The summed E-state index contributed by atoms with van der Waals surface area (Å²) in [5, 5.41) is 0. The first-order valence-electron chi connectivity index (χ1n) is 4.77. The van der Waals surface area contributed by atoms with Gasteiger partial charge in [-0.05, 0) is 39.4 Å². The highest BCUT2D eigenvalue weighted by atomic mass is 19.3. The van der Waals surface area contributed by atoms with Crippen LogP contribution >= 0.6 is 0 Å². The van der Waals surface area contributed by atoms with E-state index in [1.807, 2.05) is 7.05 Å². The van der Waals surface area contributed by atoms with Crippen LogP contribution < -0.4 is 5.73 Å². The minimum atomic E-state index is -2.27. The third kappa shape index (κ3) is 3.56. The van der Waals surface area contributed by atoms with E-state index in [1.54, 1.807) is 0 Å². The van der Waals surface area contributed by atoms with Crippen LogP contribution in [0.4, 0.5) is 8.78 Å². The molecule has 2 nitrogen and oxygen atoms in total. The van der Waals surface area contributed by atoms with Gasteiger partial charge in [-0.3, -0.25) is 0 Å². The van der Waals surface area contributed by atoms with Gasteiger partial charge in [0, 0.05) is 12.0 Å². The summed E-state index contributed by atoms with van der Waals surface area (Å²) in [5.74, 6) is 0. The molecule has 0 unspecified atom stereocenters. The molecule has 2 N–H and O–H groups in total. The van der Waals surface area contributed by atoms with E-state index >= 15 is 0 Å². The molecule has 1 heterocycles. The molecule has 4 heteroatoms. The van der Waals surface area contributed by atoms with Crippen LogP contribution in [0.25, 0.3) is 0 Å². The Hall–Kier alpha value is -0.220. The zero-order valence-corrected chi connectivity index (χ0v) is 8.10. The number of hydrogen-bond donors (Lipinski definition) is 1. The average molecular weight is 192 g/mol.